The lowest BCUT2D eigenvalue weighted by molar-refractivity contribution is -0.141. The summed E-state index contributed by atoms with van der Waals surface area (Å²) < 4.78 is 5.32. The number of hydrogen-bond donors (Lipinski definition) is 1. The Morgan fingerprint density at radius 1 is 1.12 bits per heavy atom. The largest absolute Gasteiger partial charge is 0.497 e. The van der Waals surface area contributed by atoms with Gasteiger partial charge in [0.25, 0.3) is 0 Å². The number of nitrogens with zero attached hydrogens (tertiary/aromatic N) is 2. The van der Waals surface area contributed by atoms with Crippen LogP contribution in [0.15, 0.2) is 24.4 Å². The number of nitrogens with one attached hydrogen (secondary N) is 1. The molecule has 1 fully saturated rings. The van der Waals surface area contributed by atoms with Crippen LogP contribution >= 0.6 is 0 Å². The topological polar surface area (TPSA) is 65.6 Å². The molecule has 0 saturated carbocycles. The summed E-state index contributed by atoms with van der Waals surface area (Å²) in [5.74, 6) is 0.918. The van der Waals surface area contributed by atoms with E-state index in [1.165, 1.54) is 0 Å². The smallest absolute Gasteiger partial charge is 0.232 e. The van der Waals surface area contributed by atoms with E-state index in [1.54, 1.807) is 18.9 Å². The Hall–Kier alpha value is -2.50. The molecule has 0 aliphatic carbocycles. The number of amides is 2. The highest BCUT2D eigenvalue weighted by molar-refractivity contribution is 5.95. The van der Waals surface area contributed by atoms with Crippen molar-refractivity contribution in [1.29, 1.82) is 0 Å². The monoisotopic (exact) mass is 343 g/mol. The highest BCUT2D eigenvalue weighted by Crippen LogP contribution is 2.34. The number of fused-ring (bicyclic) bond motifs is 1. The zero-order valence-electron chi connectivity index (χ0n) is 15.3. The number of aromatic nitrogens is 1. The quantitative estimate of drug-likeness (QED) is 0.929. The van der Waals surface area contributed by atoms with Crippen LogP contribution in [0.5, 0.6) is 5.75 Å². The van der Waals surface area contributed by atoms with Crippen LogP contribution in [0.4, 0.5) is 0 Å². The van der Waals surface area contributed by atoms with Crippen LogP contribution in [0.3, 0.4) is 0 Å². The van der Waals surface area contributed by atoms with Crippen molar-refractivity contribution in [3.8, 4) is 5.75 Å². The molecule has 2 amide bonds. The Balaban J connectivity index is 1.86. The van der Waals surface area contributed by atoms with Gasteiger partial charge in [-0.05, 0) is 37.6 Å². The van der Waals surface area contributed by atoms with Gasteiger partial charge in [0, 0.05) is 50.2 Å². The van der Waals surface area contributed by atoms with E-state index in [0.717, 1.165) is 22.2 Å². The van der Waals surface area contributed by atoms with E-state index in [0.29, 0.717) is 26.2 Å². The van der Waals surface area contributed by atoms with Gasteiger partial charge in [-0.3, -0.25) is 9.59 Å². The average molecular weight is 343 g/mol. The first-order chi connectivity index (χ1) is 11.8. The van der Waals surface area contributed by atoms with Crippen molar-refractivity contribution in [3.63, 3.8) is 0 Å². The van der Waals surface area contributed by atoms with Gasteiger partial charge in [-0.2, -0.15) is 0 Å². The van der Waals surface area contributed by atoms with Crippen LogP contribution in [0.1, 0.15) is 26.3 Å². The number of ether oxygens (including phenoxy) is 1. The Morgan fingerprint density at radius 2 is 1.76 bits per heavy atom. The summed E-state index contributed by atoms with van der Waals surface area (Å²) in [6.07, 6.45) is 1.91. The van der Waals surface area contributed by atoms with Gasteiger partial charge in [0.05, 0.1) is 12.5 Å². The number of methoxy groups -OCH3 is 1. The fourth-order valence-electron chi connectivity index (χ4n) is 3.48. The second-order valence-corrected chi connectivity index (χ2v) is 7.04. The fraction of sp³-hybridized carbons (Fsp3) is 0.474. The second-order valence-electron chi connectivity index (χ2n) is 7.04. The summed E-state index contributed by atoms with van der Waals surface area (Å²) in [7, 11) is 1.64. The minimum absolute atomic E-state index is 0.0649. The predicted molar refractivity (Wildman–Crippen MR) is 96.7 cm³/mol. The molecule has 6 nitrogen and oxygen atoms in total. The zero-order chi connectivity index (χ0) is 18.2. The van der Waals surface area contributed by atoms with Crippen LogP contribution < -0.4 is 4.74 Å². The first-order valence-corrected chi connectivity index (χ1v) is 8.55. The molecule has 1 aromatic carbocycles. The van der Waals surface area contributed by atoms with E-state index in [9.17, 15) is 9.59 Å². The molecular weight excluding hydrogens is 318 g/mol. The van der Waals surface area contributed by atoms with E-state index < -0.39 is 5.41 Å². The maximum absolute atomic E-state index is 13.2. The van der Waals surface area contributed by atoms with E-state index in [2.05, 4.69) is 4.98 Å². The van der Waals surface area contributed by atoms with Gasteiger partial charge < -0.3 is 19.5 Å². The van der Waals surface area contributed by atoms with Gasteiger partial charge in [0.15, 0.2) is 0 Å². The molecule has 1 saturated heterocycles. The highest BCUT2D eigenvalue weighted by atomic mass is 16.5. The molecule has 1 aromatic heterocycles. The fourth-order valence-corrected chi connectivity index (χ4v) is 3.48. The van der Waals surface area contributed by atoms with Crippen molar-refractivity contribution >= 4 is 22.7 Å². The van der Waals surface area contributed by atoms with Crippen molar-refractivity contribution in [2.75, 3.05) is 33.3 Å². The number of carbonyl (C=O) groups excluding carboxylic acids is 2. The number of rotatable bonds is 3. The maximum Gasteiger partial charge on any atom is 0.232 e. The number of H-pyrrole nitrogens is 1. The van der Waals surface area contributed by atoms with E-state index in [1.807, 2.05) is 43.1 Å². The summed E-state index contributed by atoms with van der Waals surface area (Å²) in [4.78, 5) is 31.5. The Bertz CT molecular complexity index is 801. The maximum atomic E-state index is 13.2. The highest BCUT2D eigenvalue weighted by Gasteiger charge is 2.37. The lowest BCUT2D eigenvalue weighted by Gasteiger charge is -2.38. The molecule has 3 rings (SSSR count). The molecule has 25 heavy (non-hydrogen) atoms. The van der Waals surface area contributed by atoms with Crippen LogP contribution in [0.25, 0.3) is 10.9 Å². The van der Waals surface area contributed by atoms with Gasteiger partial charge in [0.2, 0.25) is 11.8 Å². The molecule has 0 atom stereocenters. The second kappa shape index (κ2) is 6.43. The molecule has 6 heteroatoms. The molecule has 0 bridgehead atoms. The SMILES string of the molecule is COc1ccc2[nH]cc(C(C)(C)C(=O)N3CCN(C(C)=O)CC3)c2c1. The molecule has 1 N–H and O–H groups in total. The standard InChI is InChI=1S/C19H25N3O3/c1-13(23)21-7-9-22(10-8-21)18(24)19(2,3)16-12-20-17-6-5-14(25-4)11-15(16)17/h5-6,11-12,20H,7-10H2,1-4H3. The van der Waals surface area contributed by atoms with Crippen LogP contribution in [-0.4, -0.2) is 59.9 Å². The summed E-state index contributed by atoms with van der Waals surface area (Å²) in [5.41, 5.74) is 1.28. The lowest BCUT2D eigenvalue weighted by Crippen LogP contribution is -2.54. The van der Waals surface area contributed by atoms with Gasteiger partial charge >= 0.3 is 0 Å². The molecule has 2 heterocycles. The molecule has 1 aliphatic rings. The van der Waals surface area contributed by atoms with Gasteiger partial charge in [-0.1, -0.05) is 0 Å². The molecule has 0 unspecified atom stereocenters. The molecule has 2 aromatic rings. The molecule has 134 valence electrons. The molecule has 0 spiro atoms. The number of piperazine rings is 1. The van der Waals surface area contributed by atoms with E-state index in [-0.39, 0.29) is 11.8 Å². The zero-order valence-corrected chi connectivity index (χ0v) is 15.3. The molecular formula is C19H25N3O3. The van der Waals surface area contributed by atoms with Gasteiger partial charge in [-0.25, -0.2) is 0 Å². The number of hydrogen-bond acceptors (Lipinski definition) is 3. The van der Waals surface area contributed by atoms with Crippen molar-refractivity contribution in [1.82, 2.24) is 14.8 Å². The lowest BCUT2D eigenvalue weighted by atomic mass is 9.82. The van der Waals surface area contributed by atoms with Crippen molar-refractivity contribution in [2.45, 2.75) is 26.2 Å². The van der Waals surface area contributed by atoms with Crippen molar-refractivity contribution < 1.29 is 14.3 Å². The number of carbonyl (C=O) groups is 2. The first-order valence-electron chi connectivity index (χ1n) is 8.55. The Labute approximate surface area is 147 Å². The Kier molecular flexibility index (Phi) is 4.45. The minimum Gasteiger partial charge on any atom is -0.497 e. The summed E-state index contributed by atoms with van der Waals surface area (Å²) >= 11 is 0. The van der Waals surface area contributed by atoms with E-state index in [4.69, 9.17) is 4.74 Å². The predicted octanol–water partition coefficient (Wildman–Crippen LogP) is 2.14. The summed E-state index contributed by atoms with van der Waals surface area (Å²) in [6, 6.07) is 5.83. The third kappa shape index (κ3) is 3.08. The van der Waals surface area contributed by atoms with Crippen LogP contribution in [0, 0.1) is 0 Å². The number of benzene rings is 1. The third-order valence-electron chi connectivity index (χ3n) is 5.11. The molecule has 0 radical (unpaired) electrons. The average Bonchev–Trinajstić information content (AvgIpc) is 3.04. The summed E-state index contributed by atoms with van der Waals surface area (Å²) in [6.45, 7) is 7.82. The minimum atomic E-state index is -0.664. The third-order valence-corrected chi connectivity index (χ3v) is 5.11. The van der Waals surface area contributed by atoms with Crippen molar-refractivity contribution in [2.24, 2.45) is 0 Å². The van der Waals surface area contributed by atoms with Gasteiger partial charge in [0.1, 0.15) is 5.75 Å². The number of aromatic amines is 1. The van der Waals surface area contributed by atoms with Crippen LogP contribution in [-0.2, 0) is 15.0 Å². The first kappa shape index (κ1) is 17.3. The van der Waals surface area contributed by atoms with Gasteiger partial charge in [-0.15, -0.1) is 0 Å². The Morgan fingerprint density at radius 3 is 2.36 bits per heavy atom. The normalized spacial score (nSPS) is 15.5. The summed E-state index contributed by atoms with van der Waals surface area (Å²) in [5, 5.41) is 1.00. The molecule has 1 aliphatic heterocycles. The van der Waals surface area contributed by atoms with E-state index >= 15 is 0 Å². The van der Waals surface area contributed by atoms with Crippen molar-refractivity contribution in [3.05, 3.63) is 30.0 Å². The van der Waals surface area contributed by atoms with Crippen LogP contribution in [0.2, 0.25) is 0 Å².